The van der Waals surface area contributed by atoms with Gasteiger partial charge in [-0.25, -0.2) is 0 Å². The molecule has 0 bridgehead atoms. The van der Waals surface area contributed by atoms with Gasteiger partial charge in [-0.05, 0) is 35.7 Å². The molecule has 1 heterocycles. The maximum Gasteiger partial charge on any atom is 0.101 e. The van der Waals surface area contributed by atoms with Crippen LogP contribution >= 0.6 is 11.6 Å². The number of hydrogen-bond donors (Lipinski definition) is 2. The number of H-pyrrole nitrogens is 1. The molecule has 0 aliphatic heterocycles. The molecule has 1 aromatic heterocycles. The number of rotatable bonds is 3. The Morgan fingerprint density at radius 1 is 1.15 bits per heavy atom. The van der Waals surface area contributed by atoms with E-state index in [-0.39, 0.29) is 0 Å². The highest BCUT2D eigenvalue weighted by Crippen LogP contribution is 2.21. The molecule has 20 heavy (non-hydrogen) atoms. The smallest absolute Gasteiger partial charge is 0.101 e. The van der Waals surface area contributed by atoms with Crippen molar-refractivity contribution in [1.29, 1.82) is 5.26 Å². The summed E-state index contributed by atoms with van der Waals surface area (Å²) < 4.78 is 0. The Balaban J connectivity index is 1.81. The van der Waals surface area contributed by atoms with Gasteiger partial charge in [0.1, 0.15) is 6.07 Å². The highest BCUT2D eigenvalue weighted by molar-refractivity contribution is 6.30. The molecule has 0 amide bonds. The van der Waals surface area contributed by atoms with Crippen molar-refractivity contribution >= 4 is 28.2 Å². The van der Waals surface area contributed by atoms with E-state index in [9.17, 15) is 0 Å². The summed E-state index contributed by atoms with van der Waals surface area (Å²) in [5, 5.41) is 14.1. The Kier molecular flexibility index (Phi) is 3.32. The fourth-order valence-electron chi connectivity index (χ4n) is 2.18. The highest BCUT2D eigenvalue weighted by atomic mass is 35.5. The molecule has 0 spiro atoms. The first kappa shape index (κ1) is 12.6. The summed E-state index contributed by atoms with van der Waals surface area (Å²) in [6, 6.07) is 17.6. The predicted molar refractivity (Wildman–Crippen MR) is 81.8 cm³/mol. The Morgan fingerprint density at radius 2 is 2.00 bits per heavy atom. The summed E-state index contributed by atoms with van der Waals surface area (Å²) in [6.45, 7) is 0.630. The van der Waals surface area contributed by atoms with Gasteiger partial charge in [0.2, 0.25) is 0 Å². The molecule has 0 saturated heterocycles. The second-order valence-corrected chi connectivity index (χ2v) is 4.97. The van der Waals surface area contributed by atoms with Gasteiger partial charge in [0.05, 0.1) is 17.8 Å². The SMILES string of the molecule is N#Cc1cc(Cl)ccc1NCc1cc2ccccc2[nH]1. The normalized spacial score (nSPS) is 10.4. The third kappa shape index (κ3) is 2.47. The third-order valence-electron chi connectivity index (χ3n) is 3.16. The van der Waals surface area contributed by atoms with Crippen LogP contribution < -0.4 is 5.32 Å². The van der Waals surface area contributed by atoms with E-state index in [1.807, 2.05) is 24.3 Å². The molecule has 0 aliphatic carbocycles. The van der Waals surface area contributed by atoms with E-state index < -0.39 is 0 Å². The molecule has 0 radical (unpaired) electrons. The summed E-state index contributed by atoms with van der Waals surface area (Å²) in [4.78, 5) is 3.34. The third-order valence-corrected chi connectivity index (χ3v) is 3.39. The maximum atomic E-state index is 9.10. The Morgan fingerprint density at radius 3 is 2.80 bits per heavy atom. The van der Waals surface area contributed by atoms with Crippen LogP contribution in [0.5, 0.6) is 0 Å². The Labute approximate surface area is 121 Å². The second kappa shape index (κ2) is 5.28. The number of fused-ring (bicyclic) bond motifs is 1. The lowest BCUT2D eigenvalue weighted by atomic mass is 10.2. The number of benzene rings is 2. The van der Waals surface area contributed by atoms with Crippen molar-refractivity contribution in [3.05, 3.63) is 64.8 Å². The molecule has 0 saturated carbocycles. The zero-order valence-corrected chi connectivity index (χ0v) is 11.4. The van der Waals surface area contributed by atoms with Gasteiger partial charge in [-0.3, -0.25) is 0 Å². The van der Waals surface area contributed by atoms with E-state index in [4.69, 9.17) is 16.9 Å². The van der Waals surface area contributed by atoms with Crippen LogP contribution in [0.25, 0.3) is 10.9 Å². The topological polar surface area (TPSA) is 51.6 Å². The first-order valence-electron chi connectivity index (χ1n) is 6.26. The number of nitrogens with one attached hydrogen (secondary N) is 2. The van der Waals surface area contributed by atoms with Gasteiger partial charge in [0.25, 0.3) is 0 Å². The van der Waals surface area contributed by atoms with Crippen LogP contribution in [-0.2, 0) is 6.54 Å². The summed E-state index contributed by atoms with van der Waals surface area (Å²) in [5.41, 5.74) is 3.52. The largest absolute Gasteiger partial charge is 0.378 e. The van der Waals surface area contributed by atoms with E-state index in [1.54, 1.807) is 12.1 Å². The lowest BCUT2D eigenvalue weighted by Crippen LogP contribution is -2.01. The summed E-state index contributed by atoms with van der Waals surface area (Å²) in [5.74, 6) is 0. The predicted octanol–water partition coefficient (Wildman–Crippen LogP) is 4.31. The number of aromatic nitrogens is 1. The van der Waals surface area contributed by atoms with E-state index in [2.05, 4.69) is 28.5 Å². The fourth-order valence-corrected chi connectivity index (χ4v) is 2.35. The first-order chi connectivity index (χ1) is 9.76. The number of para-hydroxylation sites is 1. The maximum absolute atomic E-state index is 9.10. The van der Waals surface area contributed by atoms with Gasteiger partial charge in [0, 0.05) is 16.2 Å². The molecule has 98 valence electrons. The fraction of sp³-hybridized carbons (Fsp3) is 0.0625. The number of nitriles is 1. The monoisotopic (exact) mass is 281 g/mol. The summed E-state index contributed by atoms with van der Waals surface area (Å²) in [6.07, 6.45) is 0. The van der Waals surface area contributed by atoms with Gasteiger partial charge in [-0.1, -0.05) is 29.8 Å². The number of hydrogen-bond acceptors (Lipinski definition) is 2. The molecular formula is C16H12ClN3. The van der Waals surface area contributed by atoms with Crippen molar-refractivity contribution in [2.24, 2.45) is 0 Å². The number of aromatic amines is 1. The minimum absolute atomic E-state index is 0.550. The minimum Gasteiger partial charge on any atom is -0.378 e. The number of nitrogens with zero attached hydrogens (tertiary/aromatic N) is 1. The Hall–Kier alpha value is -2.44. The van der Waals surface area contributed by atoms with Gasteiger partial charge in [-0.15, -0.1) is 0 Å². The van der Waals surface area contributed by atoms with Gasteiger partial charge in [-0.2, -0.15) is 5.26 Å². The lowest BCUT2D eigenvalue weighted by Gasteiger charge is -2.07. The molecule has 0 unspecified atom stereocenters. The number of halogens is 1. The summed E-state index contributed by atoms with van der Waals surface area (Å²) in [7, 11) is 0. The Bertz CT molecular complexity index is 766. The van der Waals surface area contributed by atoms with E-state index >= 15 is 0 Å². The van der Waals surface area contributed by atoms with Crippen LogP contribution in [0.2, 0.25) is 5.02 Å². The molecular weight excluding hydrogens is 270 g/mol. The molecule has 0 fully saturated rings. The van der Waals surface area contributed by atoms with Crippen molar-refractivity contribution in [2.45, 2.75) is 6.54 Å². The zero-order chi connectivity index (χ0) is 13.9. The zero-order valence-electron chi connectivity index (χ0n) is 10.7. The molecule has 4 heteroatoms. The average Bonchev–Trinajstić information content (AvgIpc) is 2.88. The van der Waals surface area contributed by atoms with Gasteiger partial charge < -0.3 is 10.3 Å². The highest BCUT2D eigenvalue weighted by Gasteiger charge is 2.04. The van der Waals surface area contributed by atoms with Crippen LogP contribution in [0.4, 0.5) is 5.69 Å². The quantitative estimate of drug-likeness (QED) is 0.752. The molecule has 3 aromatic rings. The molecule has 2 N–H and O–H groups in total. The number of anilines is 1. The van der Waals surface area contributed by atoms with E-state index in [0.29, 0.717) is 17.1 Å². The van der Waals surface area contributed by atoms with Gasteiger partial charge >= 0.3 is 0 Å². The second-order valence-electron chi connectivity index (χ2n) is 4.54. The summed E-state index contributed by atoms with van der Waals surface area (Å²) >= 11 is 5.88. The van der Waals surface area contributed by atoms with Crippen molar-refractivity contribution in [3.8, 4) is 6.07 Å². The standard InChI is InChI=1S/C16H12ClN3/c17-13-5-6-15(12(7-13)9-18)19-10-14-8-11-3-1-2-4-16(11)20-14/h1-8,19-20H,10H2. The first-order valence-corrected chi connectivity index (χ1v) is 6.64. The van der Waals surface area contributed by atoms with Crippen LogP contribution in [0, 0.1) is 11.3 Å². The molecule has 2 aromatic carbocycles. The molecule has 0 aliphatic rings. The van der Waals surface area contributed by atoms with Crippen LogP contribution in [0.15, 0.2) is 48.5 Å². The molecule has 0 atom stereocenters. The van der Waals surface area contributed by atoms with Crippen molar-refractivity contribution in [1.82, 2.24) is 4.98 Å². The van der Waals surface area contributed by atoms with Crippen molar-refractivity contribution in [3.63, 3.8) is 0 Å². The molecule has 3 rings (SSSR count). The molecule has 3 nitrogen and oxygen atoms in total. The van der Waals surface area contributed by atoms with Crippen LogP contribution in [0.3, 0.4) is 0 Å². The van der Waals surface area contributed by atoms with E-state index in [1.165, 1.54) is 5.39 Å². The van der Waals surface area contributed by atoms with Crippen molar-refractivity contribution < 1.29 is 0 Å². The minimum atomic E-state index is 0.550. The van der Waals surface area contributed by atoms with Crippen molar-refractivity contribution in [2.75, 3.05) is 5.32 Å². The van der Waals surface area contributed by atoms with E-state index in [0.717, 1.165) is 16.9 Å². The van der Waals surface area contributed by atoms with Crippen LogP contribution in [-0.4, -0.2) is 4.98 Å². The average molecular weight is 282 g/mol. The van der Waals surface area contributed by atoms with Crippen LogP contribution in [0.1, 0.15) is 11.3 Å². The van der Waals surface area contributed by atoms with Gasteiger partial charge in [0.15, 0.2) is 0 Å². The lowest BCUT2D eigenvalue weighted by molar-refractivity contribution is 1.08.